The van der Waals surface area contributed by atoms with E-state index in [0.717, 1.165) is 10.0 Å². The van der Waals surface area contributed by atoms with Crippen LogP contribution in [0.2, 0.25) is 0 Å². The summed E-state index contributed by atoms with van der Waals surface area (Å²) in [6, 6.07) is 5.22. The average Bonchev–Trinajstić information content (AvgIpc) is 2.65. The topological polar surface area (TPSA) is 64.1 Å². The fourth-order valence-electron chi connectivity index (χ4n) is 1.31. The summed E-state index contributed by atoms with van der Waals surface area (Å²) >= 11 is 3.30. The molecule has 0 unspecified atom stereocenters. The molecule has 1 heterocycles. The Morgan fingerprint density at radius 3 is 2.87 bits per heavy atom. The van der Waals surface area contributed by atoms with Crippen molar-refractivity contribution < 1.29 is 5.11 Å². The summed E-state index contributed by atoms with van der Waals surface area (Å²) in [5.74, 6) is 0.183. The first-order chi connectivity index (χ1) is 7.20. The Balaban J connectivity index is 2.51. The van der Waals surface area contributed by atoms with Gasteiger partial charge in [-0.05, 0) is 33.6 Å². The molecule has 0 radical (unpaired) electrons. The summed E-state index contributed by atoms with van der Waals surface area (Å²) in [6.07, 6.45) is 3.43. The second-order valence-electron chi connectivity index (χ2n) is 3.13. The van der Waals surface area contributed by atoms with Crippen molar-refractivity contribution in [2.24, 2.45) is 5.73 Å². The van der Waals surface area contributed by atoms with Crippen molar-refractivity contribution in [3.05, 3.63) is 40.6 Å². The third-order valence-electron chi connectivity index (χ3n) is 2.07. The maximum absolute atomic E-state index is 9.68. The van der Waals surface area contributed by atoms with E-state index in [2.05, 4.69) is 21.0 Å². The van der Waals surface area contributed by atoms with E-state index < -0.39 is 0 Å². The van der Waals surface area contributed by atoms with Gasteiger partial charge in [-0.15, -0.1) is 0 Å². The molecule has 1 aromatic heterocycles. The zero-order chi connectivity index (χ0) is 10.8. The summed E-state index contributed by atoms with van der Waals surface area (Å²) < 4.78 is 2.46. The molecule has 2 aromatic rings. The fourth-order valence-corrected chi connectivity index (χ4v) is 1.60. The second-order valence-corrected chi connectivity index (χ2v) is 4.05. The van der Waals surface area contributed by atoms with E-state index in [0.29, 0.717) is 12.2 Å². The van der Waals surface area contributed by atoms with Crippen LogP contribution in [0.5, 0.6) is 5.75 Å². The van der Waals surface area contributed by atoms with Gasteiger partial charge >= 0.3 is 0 Å². The van der Waals surface area contributed by atoms with Crippen LogP contribution in [-0.2, 0) is 6.54 Å². The van der Waals surface area contributed by atoms with Crippen LogP contribution in [0.1, 0.15) is 5.56 Å². The minimum Gasteiger partial charge on any atom is -0.506 e. The van der Waals surface area contributed by atoms with Gasteiger partial charge in [0, 0.05) is 12.7 Å². The molecule has 1 aromatic carbocycles. The molecule has 0 amide bonds. The van der Waals surface area contributed by atoms with Gasteiger partial charge in [0.2, 0.25) is 0 Å². The third-order valence-corrected chi connectivity index (χ3v) is 2.48. The molecule has 4 nitrogen and oxygen atoms in total. The molecule has 0 fully saturated rings. The molecular weight excluding hydrogens is 258 g/mol. The van der Waals surface area contributed by atoms with Crippen LogP contribution >= 0.6 is 15.9 Å². The Kier molecular flexibility index (Phi) is 2.75. The second kappa shape index (κ2) is 4.04. The first-order valence-corrected chi connectivity index (χ1v) is 5.22. The molecule has 0 atom stereocenters. The highest BCUT2D eigenvalue weighted by Crippen LogP contribution is 2.23. The van der Waals surface area contributed by atoms with Crippen LogP contribution in [0.15, 0.2) is 35.1 Å². The zero-order valence-corrected chi connectivity index (χ0v) is 9.48. The molecule has 3 N–H and O–H groups in total. The lowest BCUT2D eigenvalue weighted by Gasteiger charge is -2.06. The predicted molar refractivity (Wildman–Crippen MR) is 60.8 cm³/mol. The number of aromatic nitrogens is 2. The Bertz CT molecular complexity index is 481. The molecule has 0 aliphatic carbocycles. The summed E-state index contributed by atoms with van der Waals surface area (Å²) in [5, 5.41) is 13.8. The maximum atomic E-state index is 9.68. The number of hydrogen-bond donors (Lipinski definition) is 2. The van der Waals surface area contributed by atoms with Crippen LogP contribution in [0, 0.1) is 0 Å². The summed E-state index contributed by atoms with van der Waals surface area (Å²) in [7, 11) is 0. The fraction of sp³-hybridized carbons (Fsp3) is 0.100. The largest absolute Gasteiger partial charge is 0.506 e. The van der Waals surface area contributed by atoms with Crippen molar-refractivity contribution in [2.45, 2.75) is 6.54 Å². The van der Waals surface area contributed by atoms with Gasteiger partial charge in [-0.3, -0.25) is 0 Å². The lowest BCUT2D eigenvalue weighted by atomic mass is 10.2. The number of phenolic OH excluding ortho intramolecular Hbond substituents is 1. The van der Waals surface area contributed by atoms with Gasteiger partial charge < -0.3 is 10.8 Å². The number of rotatable bonds is 2. The molecule has 0 spiro atoms. The minimum atomic E-state index is 0.183. The van der Waals surface area contributed by atoms with Crippen LogP contribution in [0.25, 0.3) is 5.69 Å². The van der Waals surface area contributed by atoms with Gasteiger partial charge in [-0.2, -0.15) is 5.10 Å². The number of nitrogens with two attached hydrogens (primary N) is 1. The van der Waals surface area contributed by atoms with Crippen LogP contribution in [0.3, 0.4) is 0 Å². The van der Waals surface area contributed by atoms with E-state index in [1.165, 1.54) is 0 Å². The highest BCUT2D eigenvalue weighted by atomic mass is 79.9. The predicted octanol–water partition coefficient (Wildman–Crippen LogP) is 1.80. The number of aromatic hydroxyl groups is 1. The lowest BCUT2D eigenvalue weighted by molar-refractivity contribution is 0.470. The number of phenols is 1. The van der Waals surface area contributed by atoms with Crippen molar-refractivity contribution in [1.82, 2.24) is 9.78 Å². The molecule has 2 rings (SSSR count). The van der Waals surface area contributed by atoms with E-state index in [9.17, 15) is 5.11 Å². The average molecular weight is 268 g/mol. The molecule has 0 saturated heterocycles. The minimum absolute atomic E-state index is 0.183. The quantitative estimate of drug-likeness (QED) is 0.872. The molecule has 78 valence electrons. The summed E-state index contributed by atoms with van der Waals surface area (Å²) in [5.41, 5.74) is 7.11. The number of halogens is 1. The smallest absolute Gasteiger partial charge is 0.141 e. The molecule has 0 aliphatic rings. The van der Waals surface area contributed by atoms with Crippen molar-refractivity contribution in [3.8, 4) is 11.4 Å². The van der Waals surface area contributed by atoms with Crippen LogP contribution < -0.4 is 5.73 Å². The molecule has 0 bridgehead atoms. The van der Waals surface area contributed by atoms with Gasteiger partial charge in [0.25, 0.3) is 0 Å². The van der Waals surface area contributed by atoms with E-state index in [1.807, 2.05) is 6.07 Å². The summed E-state index contributed by atoms with van der Waals surface area (Å²) in [4.78, 5) is 0. The van der Waals surface area contributed by atoms with Gasteiger partial charge in [-0.25, -0.2) is 4.68 Å². The lowest BCUT2D eigenvalue weighted by Crippen LogP contribution is -2.00. The van der Waals surface area contributed by atoms with Crippen molar-refractivity contribution in [3.63, 3.8) is 0 Å². The molecule has 0 saturated carbocycles. The molecular formula is C10H10BrN3O. The molecule has 0 aliphatic heterocycles. The Hall–Kier alpha value is -1.33. The van der Waals surface area contributed by atoms with E-state index in [-0.39, 0.29) is 5.75 Å². The maximum Gasteiger partial charge on any atom is 0.141 e. The van der Waals surface area contributed by atoms with Gasteiger partial charge in [-0.1, -0.05) is 6.07 Å². The van der Waals surface area contributed by atoms with Crippen molar-refractivity contribution in [2.75, 3.05) is 0 Å². The standard InChI is InChI=1S/C10H10BrN3O/c11-8-5-13-14(6-8)9-3-7(4-12)1-2-10(9)15/h1-3,5-6,15H,4,12H2. The number of benzene rings is 1. The Morgan fingerprint density at radius 2 is 2.27 bits per heavy atom. The van der Waals surface area contributed by atoms with Crippen LogP contribution in [0.4, 0.5) is 0 Å². The van der Waals surface area contributed by atoms with Crippen molar-refractivity contribution >= 4 is 15.9 Å². The van der Waals surface area contributed by atoms with E-state index in [1.54, 1.807) is 29.2 Å². The SMILES string of the molecule is NCc1ccc(O)c(-n2cc(Br)cn2)c1. The highest BCUT2D eigenvalue weighted by molar-refractivity contribution is 9.10. The number of hydrogen-bond acceptors (Lipinski definition) is 3. The zero-order valence-electron chi connectivity index (χ0n) is 7.89. The monoisotopic (exact) mass is 267 g/mol. The third kappa shape index (κ3) is 2.03. The van der Waals surface area contributed by atoms with Gasteiger partial charge in [0.15, 0.2) is 0 Å². The first kappa shape index (κ1) is 10.2. The Labute approximate surface area is 95.5 Å². The molecule has 15 heavy (non-hydrogen) atoms. The Morgan fingerprint density at radius 1 is 1.47 bits per heavy atom. The first-order valence-electron chi connectivity index (χ1n) is 4.43. The highest BCUT2D eigenvalue weighted by Gasteiger charge is 2.05. The normalized spacial score (nSPS) is 10.5. The van der Waals surface area contributed by atoms with Gasteiger partial charge in [0.05, 0.1) is 10.7 Å². The number of nitrogens with zero attached hydrogens (tertiary/aromatic N) is 2. The molecule has 5 heteroatoms. The van der Waals surface area contributed by atoms with Gasteiger partial charge in [0.1, 0.15) is 11.4 Å². The summed E-state index contributed by atoms with van der Waals surface area (Å²) in [6.45, 7) is 0.440. The van der Waals surface area contributed by atoms with Crippen molar-refractivity contribution in [1.29, 1.82) is 0 Å². The van der Waals surface area contributed by atoms with Crippen LogP contribution in [-0.4, -0.2) is 14.9 Å². The van der Waals surface area contributed by atoms with E-state index in [4.69, 9.17) is 5.73 Å². The van der Waals surface area contributed by atoms with E-state index >= 15 is 0 Å².